The van der Waals surface area contributed by atoms with Crippen LogP contribution in [-0.2, 0) is 4.79 Å². The van der Waals surface area contributed by atoms with Gasteiger partial charge in [-0.2, -0.15) is 0 Å². The molecular formula is C15H15Cl2N3O2S2. The van der Waals surface area contributed by atoms with Gasteiger partial charge in [-0.05, 0) is 31.0 Å². The van der Waals surface area contributed by atoms with Crippen LogP contribution < -0.4 is 9.64 Å². The summed E-state index contributed by atoms with van der Waals surface area (Å²) in [4.78, 5) is 13.5. The Hall–Kier alpha value is -1.02. The second-order valence-corrected chi connectivity index (χ2v) is 8.38. The third-order valence-electron chi connectivity index (χ3n) is 3.31. The van der Waals surface area contributed by atoms with Crippen molar-refractivity contribution in [3.05, 3.63) is 28.2 Å². The monoisotopic (exact) mass is 403 g/mol. The number of amides is 1. The SMILES string of the molecule is CC(=O)N(c1nnc(SCCOc2ccc(Cl)cc2Cl)s1)C1CC1. The number of carbonyl (C=O) groups excluding carboxylic acids is 1. The summed E-state index contributed by atoms with van der Waals surface area (Å²) in [5, 5.41) is 10.0. The maximum absolute atomic E-state index is 11.7. The van der Waals surface area contributed by atoms with Crippen molar-refractivity contribution in [1.82, 2.24) is 10.2 Å². The van der Waals surface area contributed by atoms with Gasteiger partial charge in [0.15, 0.2) is 4.34 Å². The van der Waals surface area contributed by atoms with E-state index >= 15 is 0 Å². The molecular weight excluding hydrogens is 389 g/mol. The lowest BCUT2D eigenvalue weighted by Crippen LogP contribution is -2.30. The van der Waals surface area contributed by atoms with Crippen molar-refractivity contribution in [2.24, 2.45) is 0 Å². The minimum atomic E-state index is 0.0194. The van der Waals surface area contributed by atoms with Crippen LogP contribution >= 0.6 is 46.3 Å². The number of ether oxygens (including phenoxy) is 1. The fraction of sp³-hybridized carbons (Fsp3) is 0.400. The van der Waals surface area contributed by atoms with Crippen LogP contribution in [0.5, 0.6) is 5.75 Å². The number of nitrogens with zero attached hydrogens (tertiary/aromatic N) is 3. The molecule has 0 unspecified atom stereocenters. The molecule has 1 aromatic carbocycles. The Morgan fingerprint density at radius 3 is 2.88 bits per heavy atom. The van der Waals surface area contributed by atoms with Gasteiger partial charge >= 0.3 is 0 Å². The average molecular weight is 404 g/mol. The molecule has 0 spiro atoms. The molecule has 128 valence electrons. The number of thioether (sulfide) groups is 1. The van der Waals surface area contributed by atoms with Crippen molar-refractivity contribution >= 4 is 57.3 Å². The summed E-state index contributed by atoms with van der Waals surface area (Å²) in [6.45, 7) is 2.05. The first-order chi connectivity index (χ1) is 11.5. The average Bonchev–Trinajstić information content (AvgIpc) is 3.24. The van der Waals surface area contributed by atoms with E-state index < -0.39 is 0 Å². The second kappa shape index (κ2) is 7.91. The summed E-state index contributed by atoms with van der Waals surface area (Å²) in [5.41, 5.74) is 0. The summed E-state index contributed by atoms with van der Waals surface area (Å²) in [7, 11) is 0. The quantitative estimate of drug-likeness (QED) is 0.386. The minimum Gasteiger partial charge on any atom is -0.491 e. The topological polar surface area (TPSA) is 55.3 Å². The third-order valence-corrected chi connectivity index (χ3v) is 5.86. The molecule has 0 radical (unpaired) electrons. The number of hydrogen-bond acceptors (Lipinski definition) is 6. The number of halogens is 2. The molecule has 1 amide bonds. The van der Waals surface area contributed by atoms with E-state index in [1.54, 1.807) is 41.8 Å². The number of aromatic nitrogens is 2. The molecule has 1 saturated carbocycles. The molecule has 1 aromatic heterocycles. The molecule has 0 saturated heterocycles. The van der Waals surface area contributed by atoms with Gasteiger partial charge in [-0.25, -0.2) is 0 Å². The summed E-state index contributed by atoms with van der Waals surface area (Å²) >= 11 is 14.9. The highest BCUT2D eigenvalue weighted by molar-refractivity contribution is 8.01. The number of hydrogen-bond donors (Lipinski definition) is 0. The largest absolute Gasteiger partial charge is 0.491 e. The smallest absolute Gasteiger partial charge is 0.225 e. The molecule has 9 heteroatoms. The maximum Gasteiger partial charge on any atom is 0.225 e. The van der Waals surface area contributed by atoms with Crippen molar-refractivity contribution in [3.8, 4) is 5.75 Å². The first-order valence-corrected chi connectivity index (χ1v) is 9.94. The first-order valence-electron chi connectivity index (χ1n) is 7.38. The Bertz CT molecular complexity index is 737. The molecule has 0 atom stereocenters. The van der Waals surface area contributed by atoms with Crippen LogP contribution in [0.15, 0.2) is 22.5 Å². The maximum atomic E-state index is 11.7. The number of rotatable bonds is 7. The summed E-state index contributed by atoms with van der Waals surface area (Å²) < 4.78 is 6.46. The Morgan fingerprint density at radius 2 is 2.21 bits per heavy atom. The van der Waals surface area contributed by atoms with E-state index in [1.165, 1.54) is 11.3 Å². The third kappa shape index (κ3) is 4.53. The van der Waals surface area contributed by atoms with Gasteiger partial charge in [0.1, 0.15) is 5.75 Å². The zero-order chi connectivity index (χ0) is 17.1. The van der Waals surface area contributed by atoms with Crippen LogP contribution in [0, 0.1) is 0 Å². The summed E-state index contributed by atoms with van der Waals surface area (Å²) in [6, 6.07) is 5.43. The standard InChI is InChI=1S/C15H15Cl2N3O2S2/c1-9(21)20(11-3-4-11)14-18-19-15(24-14)23-7-6-22-13-5-2-10(16)8-12(13)17/h2,5,8,11H,3-4,6-7H2,1H3. The zero-order valence-electron chi connectivity index (χ0n) is 12.9. The first kappa shape index (κ1) is 17.8. The van der Waals surface area contributed by atoms with E-state index in [2.05, 4.69) is 10.2 Å². The van der Waals surface area contributed by atoms with E-state index in [-0.39, 0.29) is 5.91 Å². The van der Waals surface area contributed by atoms with Gasteiger partial charge in [-0.15, -0.1) is 10.2 Å². The van der Waals surface area contributed by atoms with Crippen LogP contribution in [-0.4, -0.2) is 34.5 Å². The van der Waals surface area contributed by atoms with Crippen LogP contribution in [0.4, 0.5) is 5.13 Å². The zero-order valence-corrected chi connectivity index (χ0v) is 16.0. The Kier molecular flexibility index (Phi) is 5.86. The number of benzene rings is 1. The number of anilines is 1. The highest BCUT2D eigenvalue weighted by Gasteiger charge is 2.34. The Labute approximate surface area is 158 Å². The van der Waals surface area contributed by atoms with E-state index in [4.69, 9.17) is 27.9 Å². The fourth-order valence-corrected chi connectivity index (χ4v) is 4.42. The molecule has 3 rings (SSSR count). The Balaban J connectivity index is 1.49. The van der Waals surface area contributed by atoms with Gasteiger partial charge in [-0.1, -0.05) is 46.3 Å². The van der Waals surface area contributed by atoms with E-state index in [0.29, 0.717) is 39.3 Å². The summed E-state index contributed by atoms with van der Waals surface area (Å²) in [6.07, 6.45) is 2.08. The van der Waals surface area contributed by atoms with Gasteiger partial charge in [0.2, 0.25) is 11.0 Å². The molecule has 0 aliphatic heterocycles. The van der Waals surface area contributed by atoms with Crippen molar-refractivity contribution in [1.29, 1.82) is 0 Å². The van der Waals surface area contributed by atoms with Gasteiger partial charge in [-0.3, -0.25) is 9.69 Å². The molecule has 24 heavy (non-hydrogen) atoms. The van der Waals surface area contributed by atoms with Crippen LogP contribution in [0.2, 0.25) is 10.0 Å². The lowest BCUT2D eigenvalue weighted by molar-refractivity contribution is -0.116. The van der Waals surface area contributed by atoms with Gasteiger partial charge in [0.25, 0.3) is 0 Å². The molecule has 1 aliphatic rings. The molecule has 0 bridgehead atoms. The lowest BCUT2D eigenvalue weighted by Gasteiger charge is -2.15. The molecule has 1 heterocycles. The summed E-state index contributed by atoms with van der Waals surface area (Å²) in [5.74, 6) is 1.33. The van der Waals surface area contributed by atoms with Crippen molar-refractivity contribution in [2.75, 3.05) is 17.3 Å². The van der Waals surface area contributed by atoms with Crippen molar-refractivity contribution < 1.29 is 9.53 Å². The van der Waals surface area contributed by atoms with E-state index in [0.717, 1.165) is 17.2 Å². The van der Waals surface area contributed by atoms with Crippen LogP contribution in [0.1, 0.15) is 19.8 Å². The molecule has 0 N–H and O–H groups in total. The minimum absolute atomic E-state index is 0.0194. The van der Waals surface area contributed by atoms with Crippen molar-refractivity contribution in [2.45, 2.75) is 30.1 Å². The number of carbonyl (C=O) groups is 1. The van der Waals surface area contributed by atoms with E-state index in [9.17, 15) is 4.79 Å². The fourth-order valence-electron chi connectivity index (χ4n) is 2.11. The van der Waals surface area contributed by atoms with Gasteiger partial charge in [0.05, 0.1) is 11.6 Å². The second-order valence-electron chi connectivity index (χ2n) is 5.24. The van der Waals surface area contributed by atoms with Gasteiger partial charge < -0.3 is 4.74 Å². The molecule has 1 aliphatic carbocycles. The van der Waals surface area contributed by atoms with Gasteiger partial charge in [0, 0.05) is 23.7 Å². The van der Waals surface area contributed by atoms with Crippen molar-refractivity contribution in [3.63, 3.8) is 0 Å². The van der Waals surface area contributed by atoms with E-state index in [1.807, 2.05) is 0 Å². The Morgan fingerprint density at radius 1 is 1.42 bits per heavy atom. The predicted octanol–water partition coefficient (Wildman–Crippen LogP) is 4.53. The lowest BCUT2D eigenvalue weighted by atomic mass is 10.3. The van der Waals surface area contributed by atoms with Crippen LogP contribution in [0.3, 0.4) is 0 Å². The molecule has 2 aromatic rings. The highest BCUT2D eigenvalue weighted by atomic mass is 35.5. The highest BCUT2D eigenvalue weighted by Crippen LogP contribution is 2.35. The normalized spacial score (nSPS) is 13.8. The van der Waals surface area contributed by atoms with Crippen LogP contribution in [0.25, 0.3) is 0 Å². The molecule has 5 nitrogen and oxygen atoms in total. The molecule has 1 fully saturated rings. The predicted molar refractivity (Wildman–Crippen MR) is 98.8 cm³/mol.